The number of hydrogen-bond acceptors (Lipinski definition) is 6. The van der Waals surface area contributed by atoms with Crippen molar-refractivity contribution in [2.45, 2.75) is 13.8 Å². The van der Waals surface area contributed by atoms with Crippen LogP contribution >= 0.6 is 24.0 Å². The molecule has 0 N–H and O–H groups in total. The number of carbonyl (C=O) groups excluding carboxylic acids is 1. The average Bonchev–Trinajstić information content (AvgIpc) is 3.28. The van der Waals surface area contributed by atoms with E-state index in [2.05, 4.69) is 0 Å². The van der Waals surface area contributed by atoms with Crippen molar-refractivity contribution in [2.75, 3.05) is 4.90 Å². The van der Waals surface area contributed by atoms with Crippen molar-refractivity contribution in [1.29, 1.82) is 0 Å². The average molecular weight is 437 g/mol. The SMILES string of the molecule is Cc1cccc(C)c1N1C(=O)/C(=C\c2ccc(-c3cccc([N+](=O)[O-])c3)o2)SC1=S. The molecule has 0 spiro atoms. The molecule has 0 radical (unpaired) electrons. The van der Waals surface area contributed by atoms with Crippen LogP contribution in [-0.2, 0) is 4.79 Å². The Bertz CT molecular complexity index is 1210. The number of nitro benzene ring substituents is 1. The summed E-state index contributed by atoms with van der Waals surface area (Å²) in [4.78, 5) is 25.6. The third-order valence-corrected chi connectivity index (χ3v) is 6.00. The van der Waals surface area contributed by atoms with Gasteiger partial charge >= 0.3 is 0 Å². The minimum Gasteiger partial charge on any atom is -0.457 e. The van der Waals surface area contributed by atoms with E-state index in [0.29, 0.717) is 26.3 Å². The number of anilines is 1. The van der Waals surface area contributed by atoms with E-state index in [1.807, 2.05) is 32.0 Å². The molecule has 2 heterocycles. The second-order valence-corrected chi connectivity index (χ2v) is 8.44. The number of carbonyl (C=O) groups is 1. The minimum atomic E-state index is -0.452. The van der Waals surface area contributed by atoms with Crippen LogP contribution in [0.15, 0.2) is 63.9 Å². The summed E-state index contributed by atoms with van der Waals surface area (Å²) in [6, 6.07) is 15.5. The first-order valence-corrected chi connectivity index (χ1v) is 10.3. The molecule has 1 aliphatic heterocycles. The Morgan fingerprint density at radius 3 is 2.50 bits per heavy atom. The van der Waals surface area contributed by atoms with E-state index in [4.69, 9.17) is 16.6 Å². The largest absolute Gasteiger partial charge is 0.457 e. The van der Waals surface area contributed by atoms with Crippen molar-refractivity contribution >= 4 is 51.7 Å². The molecular formula is C22H16N2O4S2. The molecule has 30 heavy (non-hydrogen) atoms. The molecule has 4 rings (SSSR count). The van der Waals surface area contributed by atoms with Gasteiger partial charge in [0.2, 0.25) is 0 Å². The van der Waals surface area contributed by atoms with Crippen molar-refractivity contribution < 1.29 is 14.1 Å². The number of rotatable bonds is 4. The third kappa shape index (κ3) is 3.67. The first-order chi connectivity index (χ1) is 14.3. The Kier molecular flexibility index (Phi) is 5.27. The highest BCUT2D eigenvalue weighted by Gasteiger charge is 2.35. The smallest absolute Gasteiger partial charge is 0.270 e. The molecule has 8 heteroatoms. The van der Waals surface area contributed by atoms with Crippen LogP contribution in [0.4, 0.5) is 11.4 Å². The quantitative estimate of drug-likeness (QED) is 0.220. The molecule has 0 bridgehead atoms. The monoisotopic (exact) mass is 436 g/mol. The van der Waals surface area contributed by atoms with Gasteiger partial charge in [0.05, 0.1) is 15.5 Å². The van der Waals surface area contributed by atoms with Gasteiger partial charge in [-0.1, -0.05) is 54.3 Å². The third-order valence-electron chi connectivity index (χ3n) is 4.70. The molecule has 0 aliphatic carbocycles. The molecular weight excluding hydrogens is 420 g/mol. The summed E-state index contributed by atoms with van der Waals surface area (Å²) in [5.74, 6) is 0.754. The van der Waals surface area contributed by atoms with E-state index in [9.17, 15) is 14.9 Å². The Labute approximate surface area is 182 Å². The number of non-ortho nitro benzene ring substituents is 1. The summed E-state index contributed by atoms with van der Waals surface area (Å²) in [7, 11) is 0. The fourth-order valence-electron chi connectivity index (χ4n) is 3.31. The summed E-state index contributed by atoms with van der Waals surface area (Å²) >= 11 is 6.69. The fraction of sp³-hybridized carbons (Fsp3) is 0.0909. The van der Waals surface area contributed by atoms with Crippen molar-refractivity contribution in [3.63, 3.8) is 0 Å². The van der Waals surface area contributed by atoms with Crippen LogP contribution in [-0.4, -0.2) is 15.2 Å². The first kappa shape index (κ1) is 20.1. The molecule has 1 amide bonds. The van der Waals surface area contributed by atoms with Gasteiger partial charge in [-0.25, -0.2) is 0 Å². The first-order valence-electron chi connectivity index (χ1n) is 9.04. The number of hydrogen-bond donors (Lipinski definition) is 0. The summed E-state index contributed by atoms with van der Waals surface area (Å²) in [6.45, 7) is 3.89. The Morgan fingerprint density at radius 2 is 1.80 bits per heavy atom. The van der Waals surface area contributed by atoms with Crippen LogP contribution in [0.25, 0.3) is 17.4 Å². The zero-order chi connectivity index (χ0) is 21.4. The summed E-state index contributed by atoms with van der Waals surface area (Å²) < 4.78 is 6.28. The second-order valence-electron chi connectivity index (χ2n) is 6.77. The van der Waals surface area contributed by atoms with Crippen molar-refractivity contribution in [2.24, 2.45) is 0 Å². The molecule has 1 fully saturated rings. The standard InChI is InChI=1S/C22H16N2O4S2/c1-13-5-3-6-14(2)20(13)23-21(25)19(30-22(23)29)12-17-9-10-18(28-17)15-7-4-8-16(11-15)24(26)27/h3-12H,1-2H3/b19-12+. The second kappa shape index (κ2) is 7.89. The number of benzene rings is 2. The van der Waals surface area contributed by atoms with E-state index in [1.54, 1.807) is 35.2 Å². The number of nitro groups is 1. The van der Waals surface area contributed by atoms with Crippen LogP contribution in [0.5, 0.6) is 0 Å². The van der Waals surface area contributed by atoms with Crippen LogP contribution in [0.1, 0.15) is 16.9 Å². The van der Waals surface area contributed by atoms with Gasteiger partial charge in [0.15, 0.2) is 4.32 Å². The maximum atomic E-state index is 13.1. The summed E-state index contributed by atoms with van der Waals surface area (Å²) in [5, 5.41) is 11.0. The van der Waals surface area contributed by atoms with Gasteiger partial charge in [0, 0.05) is 23.8 Å². The Balaban J connectivity index is 1.64. The van der Waals surface area contributed by atoms with Gasteiger partial charge in [-0.05, 0) is 37.1 Å². The number of nitrogens with zero attached hydrogens (tertiary/aromatic N) is 2. The lowest BCUT2D eigenvalue weighted by Gasteiger charge is -2.19. The number of para-hydroxylation sites is 1. The lowest BCUT2D eigenvalue weighted by molar-refractivity contribution is -0.384. The zero-order valence-electron chi connectivity index (χ0n) is 16.1. The topological polar surface area (TPSA) is 76.6 Å². The minimum absolute atomic E-state index is 0.0140. The van der Waals surface area contributed by atoms with Crippen LogP contribution in [0.3, 0.4) is 0 Å². The fourth-order valence-corrected chi connectivity index (χ4v) is 4.56. The Hall–Kier alpha value is -3.23. The highest BCUT2D eigenvalue weighted by molar-refractivity contribution is 8.27. The lowest BCUT2D eigenvalue weighted by Crippen LogP contribution is -2.29. The zero-order valence-corrected chi connectivity index (χ0v) is 17.8. The van der Waals surface area contributed by atoms with Gasteiger partial charge in [0.25, 0.3) is 11.6 Å². The maximum Gasteiger partial charge on any atom is 0.270 e. The summed E-state index contributed by atoms with van der Waals surface area (Å²) in [5.41, 5.74) is 3.32. The molecule has 2 aromatic carbocycles. The summed E-state index contributed by atoms with van der Waals surface area (Å²) in [6.07, 6.45) is 1.65. The molecule has 150 valence electrons. The predicted molar refractivity (Wildman–Crippen MR) is 122 cm³/mol. The van der Waals surface area contributed by atoms with E-state index in [0.717, 1.165) is 16.8 Å². The van der Waals surface area contributed by atoms with Gasteiger partial charge in [-0.15, -0.1) is 0 Å². The van der Waals surface area contributed by atoms with E-state index < -0.39 is 4.92 Å². The highest BCUT2D eigenvalue weighted by Crippen LogP contribution is 2.39. The number of thiocarbonyl (C=S) groups is 1. The number of thioether (sulfide) groups is 1. The molecule has 1 aliphatic rings. The molecule has 0 saturated carbocycles. The van der Waals surface area contributed by atoms with Crippen molar-refractivity contribution in [3.8, 4) is 11.3 Å². The van der Waals surface area contributed by atoms with Crippen LogP contribution in [0, 0.1) is 24.0 Å². The van der Waals surface area contributed by atoms with Crippen LogP contribution in [0.2, 0.25) is 0 Å². The van der Waals surface area contributed by atoms with E-state index in [1.165, 1.54) is 23.9 Å². The lowest BCUT2D eigenvalue weighted by atomic mass is 10.1. The van der Waals surface area contributed by atoms with Gasteiger partial charge in [0.1, 0.15) is 11.5 Å². The maximum absolute atomic E-state index is 13.1. The van der Waals surface area contributed by atoms with E-state index >= 15 is 0 Å². The Morgan fingerprint density at radius 1 is 1.10 bits per heavy atom. The molecule has 1 saturated heterocycles. The molecule has 0 unspecified atom stereocenters. The number of furan rings is 1. The van der Waals surface area contributed by atoms with Crippen LogP contribution < -0.4 is 4.90 Å². The predicted octanol–water partition coefficient (Wildman–Crippen LogP) is 5.88. The highest BCUT2D eigenvalue weighted by atomic mass is 32.2. The molecule has 3 aromatic rings. The number of aryl methyl sites for hydroxylation is 2. The molecule has 6 nitrogen and oxygen atoms in total. The molecule has 1 aromatic heterocycles. The van der Waals surface area contributed by atoms with Crippen molar-refractivity contribution in [1.82, 2.24) is 0 Å². The van der Waals surface area contributed by atoms with Crippen molar-refractivity contribution in [3.05, 3.63) is 86.5 Å². The molecule has 0 atom stereocenters. The van der Waals surface area contributed by atoms with E-state index in [-0.39, 0.29) is 11.6 Å². The number of amides is 1. The van der Waals surface area contributed by atoms with Gasteiger partial charge < -0.3 is 4.42 Å². The van der Waals surface area contributed by atoms with Gasteiger partial charge in [-0.2, -0.15) is 0 Å². The normalized spacial score (nSPS) is 15.3. The van der Waals surface area contributed by atoms with Gasteiger partial charge in [-0.3, -0.25) is 19.8 Å².